The Morgan fingerprint density at radius 1 is 0.735 bits per heavy atom. The van der Waals surface area contributed by atoms with E-state index in [0.29, 0.717) is 23.7 Å². The fraction of sp³-hybridized carbons (Fsp3) is 0.433. The van der Waals surface area contributed by atoms with E-state index < -0.39 is 15.3 Å². The van der Waals surface area contributed by atoms with Crippen molar-refractivity contribution in [2.45, 2.75) is 84.0 Å². The van der Waals surface area contributed by atoms with Crippen LogP contribution in [0, 0.1) is 3.89 Å². The molecule has 3 rings (SSSR count). The van der Waals surface area contributed by atoms with Crippen LogP contribution in [0.5, 0.6) is 0 Å². The second-order valence-corrected chi connectivity index (χ2v) is 14.4. The van der Waals surface area contributed by atoms with Crippen LogP contribution in [0.15, 0.2) is 61.4 Å². The Hall–Kier alpha value is -1.66. The maximum absolute atomic E-state index is 7.23. The summed E-state index contributed by atoms with van der Waals surface area (Å²) in [6, 6.07) is 13.5. The average molecular weight is 572 g/mol. The molecule has 0 aliphatic carbocycles. The normalized spacial score (nSPS) is 12.3. The number of nitrogens with zero attached hydrogens (tertiary/aromatic N) is 2. The number of hydrogen-bond donors (Lipinski definition) is 0. The van der Waals surface area contributed by atoms with E-state index >= 15 is 0 Å². The molecule has 1 aromatic heterocycles. The Bertz CT molecular complexity index is 1140. The van der Waals surface area contributed by atoms with Crippen molar-refractivity contribution in [3.8, 4) is 11.4 Å². The number of allylic oxidation sites excluding steroid dienone is 1. The number of aromatic nitrogens is 2. The van der Waals surface area contributed by atoms with Crippen LogP contribution in [0.4, 0.5) is 0 Å². The molecule has 0 N–H and O–H groups in total. The topological polar surface area (TPSA) is 9.86 Å². The molecule has 0 atom stereocenters. The summed E-state index contributed by atoms with van der Waals surface area (Å²) in [7, 11) is 7.23. The molecular weight excluding hydrogens is 530 g/mol. The SMILES string of the molecule is C=C[CH2][Pd]([Cl])=[c]1n(-c2cccc(C(C)C)c2C(C)C)ccn1-c1cccc(C(C)C)c1C(C)C. The summed E-state index contributed by atoms with van der Waals surface area (Å²) < 4.78 is 5.92. The molecule has 0 amide bonds. The summed E-state index contributed by atoms with van der Waals surface area (Å²) in [4.78, 5) is 0.818. The molecule has 0 saturated heterocycles. The fourth-order valence-corrected chi connectivity index (χ4v) is 8.02. The second-order valence-electron chi connectivity index (χ2n) is 10.1. The van der Waals surface area contributed by atoms with Crippen LogP contribution in [-0.2, 0) is 15.3 Å². The van der Waals surface area contributed by atoms with Crippen molar-refractivity contribution >= 4 is 9.53 Å². The molecule has 2 nitrogen and oxygen atoms in total. The summed E-state index contributed by atoms with van der Waals surface area (Å²) in [6.07, 6.45) is 6.40. The van der Waals surface area contributed by atoms with E-state index in [4.69, 9.17) is 9.53 Å². The third kappa shape index (κ3) is 5.28. The second kappa shape index (κ2) is 11.4. The summed E-state index contributed by atoms with van der Waals surface area (Å²) in [5.74, 6) is 1.77. The van der Waals surface area contributed by atoms with E-state index in [1.54, 1.807) is 0 Å². The molecule has 1 heterocycles. The van der Waals surface area contributed by atoms with E-state index in [1.165, 1.54) is 37.5 Å². The van der Waals surface area contributed by atoms with Gasteiger partial charge in [-0.25, -0.2) is 0 Å². The van der Waals surface area contributed by atoms with Crippen LogP contribution < -0.4 is 0 Å². The van der Waals surface area contributed by atoms with Crippen molar-refractivity contribution < 1.29 is 15.3 Å². The van der Waals surface area contributed by atoms with Gasteiger partial charge < -0.3 is 0 Å². The van der Waals surface area contributed by atoms with Crippen LogP contribution in [0.3, 0.4) is 0 Å². The van der Waals surface area contributed by atoms with Gasteiger partial charge in [-0.05, 0) is 0 Å². The first-order chi connectivity index (χ1) is 16.1. The zero-order chi connectivity index (χ0) is 25.2. The van der Waals surface area contributed by atoms with Gasteiger partial charge in [0.2, 0.25) is 0 Å². The summed E-state index contributed by atoms with van der Waals surface area (Å²) >= 11 is -1.57. The Labute approximate surface area is 216 Å². The number of hydrogen-bond acceptors (Lipinski definition) is 0. The third-order valence-electron chi connectivity index (χ3n) is 6.24. The van der Waals surface area contributed by atoms with Gasteiger partial charge in [-0.1, -0.05) is 0 Å². The minimum absolute atomic E-state index is 0.417. The zero-order valence-corrected chi connectivity index (χ0v) is 24.3. The van der Waals surface area contributed by atoms with Crippen molar-refractivity contribution in [3.63, 3.8) is 0 Å². The average Bonchev–Trinajstić information content (AvgIpc) is 3.22. The van der Waals surface area contributed by atoms with Gasteiger partial charge in [0.15, 0.2) is 0 Å². The fourth-order valence-electron chi connectivity index (χ4n) is 4.84. The molecular formula is C30H41ClN2Pd. The van der Waals surface area contributed by atoms with Crippen LogP contribution in [0.25, 0.3) is 11.4 Å². The number of rotatable bonds is 8. The van der Waals surface area contributed by atoms with Crippen molar-refractivity contribution in [3.05, 3.63) is 87.6 Å². The Kier molecular flexibility index (Phi) is 9.02. The molecule has 0 aliphatic rings. The monoisotopic (exact) mass is 570 g/mol. The molecule has 0 spiro atoms. The summed E-state index contributed by atoms with van der Waals surface area (Å²) in [5, 5.41) is 0. The van der Waals surface area contributed by atoms with Gasteiger partial charge in [-0.3, -0.25) is 0 Å². The third-order valence-corrected chi connectivity index (χ3v) is 9.96. The first kappa shape index (κ1) is 26.9. The predicted octanol–water partition coefficient (Wildman–Crippen LogP) is 9.67. The van der Waals surface area contributed by atoms with E-state index in [2.05, 4.69) is 120 Å². The molecule has 0 saturated carbocycles. The standard InChI is InChI=1S/C27H36N2.C3H5.ClH.Pd/c1-18(2)22-11-9-13-24(26(22)20(5)6)28-15-16-29(17-28)25-14-10-12-23(19(3)4)27(25)21(7)8;1-3-2;;/h9-16,18-21H,1-8H3;3H,1-2H2;1H;/q;;;+1/p-1. The Morgan fingerprint density at radius 2 is 1.15 bits per heavy atom. The van der Waals surface area contributed by atoms with E-state index in [-0.39, 0.29) is 0 Å². The van der Waals surface area contributed by atoms with Crippen LogP contribution in [0.2, 0.25) is 4.89 Å². The van der Waals surface area contributed by atoms with E-state index in [0.717, 1.165) is 4.89 Å². The zero-order valence-electron chi connectivity index (χ0n) is 22.0. The molecule has 0 unspecified atom stereocenters. The number of benzene rings is 2. The van der Waals surface area contributed by atoms with Crippen molar-refractivity contribution in [1.82, 2.24) is 9.13 Å². The van der Waals surface area contributed by atoms with Gasteiger partial charge in [0.1, 0.15) is 0 Å². The molecule has 0 radical (unpaired) electrons. The van der Waals surface area contributed by atoms with Crippen molar-refractivity contribution in [1.29, 1.82) is 0 Å². The van der Waals surface area contributed by atoms with Gasteiger partial charge in [0.25, 0.3) is 0 Å². The van der Waals surface area contributed by atoms with E-state index in [1.807, 2.05) is 6.08 Å². The number of halogens is 1. The van der Waals surface area contributed by atoms with Gasteiger partial charge in [0.05, 0.1) is 0 Å². The molecule has 0 bridgehead atoms. The molecule has 0 aliphatic heterocycles. The minimum atomic E-state index is -1.57. The summed E-state index contributed by atoms with van der Waals surface area (Å²) in [5.41, 5.74) is 8.15. The number of imidazole rings is 1. The molecule has 188 valence electrons. The Balaban J connectivity index is 2.45. The van der Waals surface area contributed by atoms with Gasteiger partial charge in [-0.2, -0.15) is 0 Å². The Morgan fingerprint density at radius 3 is 1.47 bits per heavy atom. The molecule has 3 aromatic rings. The molecule has 2 aromatic carbocycles. The first-order valence-corrected chi connectivity index (χ1v) is 16.2. The van der Waals surface area contributed by atoms with Gasteiger partial charge >= 0.3 is 217 Å². The van der Waals surface area contributed by atoms with Gasteiger partial charge in [-0.15, -0.1) is 0 Å². The van der Waals surface area contributed by atoms with Crippen molar-refractivity contribution in [2.24, 2.45) is 0 Å². The molecule has 4 heteroatoms. The van der Waals surface area contributed by atoms with Crippen molar-refractivity contribution in [2.75, 3.05) is 0 Å². The van der Waals surface area contributed by atoms with E-state index in [9.17, 15) is 0 Å². The molecule has 34 heavy (non-hydrogen) atoms. The van der Waals surface area contributed by atoms with Crippen LogP contribution >= 0.6 is 9.53 Å². The molecule has 0 fully saturated rings. The first-order valence-electron chi connectivity index (χ1n) is 12.3. The summed E-state index contributed by atoms with van der Waals surface area (Å²) in [6.45, 7) is 22.3. The maximum atomic E-state index is 7.23. The predicted molar refractivity (Wildman–Crippen MR) is 146 cm³/mol. The van der Waals surface area contributed by atoms with Gasteiger partial charge in [0, 0.05) is 0 Å². The quantitative estimate of drug-likeness (QED) is 0.188. The van der Waals surface area contributed by atoms with Crippen LogP contribution in [0.1, 0.15) is 101 Å². The van der Waals surface area contributed by atoms with Crippen LogP contribution in [-0.4, -0.2) is 9.13 Å².